The van der Waals surface area contributed by atoms with Crippen molar-refractivity contribution in [3.05, 3.63) is 39.4 Å². The molecule has 0 saturated heterocycles. The van der Waals surface area contributed by atoms with Crippen LogP contribution in [0.3, 0.4) is 0 Å². The Labute approximate surface area is 169 Å². The summed E-state index contributed by atoms with van der Waals surface area (Å²) in [5, 5.41) is 11.8. The number of nitrogens with zero attached hydrogens (tertiary/aromatic N) is 1. The van der Waals surface area contributed by atoms with E-state index in [4.69, 9.17) is 11.6 Å². The fraction of sp³-hybridized carbons (Fsp3) is 0.667. The summed E-state index contributed by atoms with van der Waals surface area (Å²) in [6.07, 6.45) is 0. The summed E-state index contributed by atoms with van der Waals surface area (Å²) in [5.74, 6) is 0. The summed E-state index contributed by atoms with van der Waals surface area (Å²) in [5.41, 5.74) is 0.00407. The summed E-state index contributed by atoms with van der Waals surface area (Å²) >= 11 is 5.44. The average Bonchev–Trinajstić information content (AvgIpc) is 2.23. The van der Waals surface area contributed by atoms with Gasteiger partial charge in [-0.1, -0.05) is 87.4 Å². The Bertz CT molecular complexity index is 481. The molecule has 0 aliphatic carbocycles. The van der Waals surface area contributed by atoms with Crippen molar-refractivity contribution in [2.24, 2.45) is 0 Å². The van der Waals surface area contributed by atoms with E-state index in [1.165, 1.54) is 18.2 Å². The first-order chi connectivity index (χ1) is 10.1. The largest absolute Gasteiger partial charge is 1.00 e. The first-order valence-electron chi connectivity index (χ1n) is 7.69. The van der Waals surface area contributed by atoms with Crippen LogP contribution in [0.5, 0.6) is 0 Å². The predicted molar refractivity (Wildman–Crippen MR) is 103 cm³/mol. The molecule has 142 valence electrons. The van der Waals surface area contributed by atoms with E-state index in [9.17, 15) is 10.1 Å². The topological polar surface area (TPSA) is 43.1 Å². The number of non-ortho nitro benzene ring substituents is 1. The molecular weight excluding hydrogens is 526 g/mol. The second kappa shape index (κ2) is 9.69. The average molecular weight is 556 g/mol. The van der Waals surface area contributed by atoms with Crippen LogP contribution in [-0.2, 0) is 22.4 Å². The van der Waals surface area contributed by atoms with Gasteiger partial charge >= 0.3 is 22.4 Å². The van der Waals surface area contributed by atoms with E-state index >= 15 is 0 Å². The van der Waals surface area contributed by atoms with Crippen LogP contribution in [0, 0.1) is 16.2 Å². The van der Waals surface area contributed by atoms with Crippen molar-refractivity contribution in [1.29, 1.82) is 0 Å². The van der Waals surface area contributed by atoms with Crippen molar-refractivity contribution in [2.75, 3.05) is 0 Å². The maximum atomic E-state index is 10.1. The minimum Gasteiger partial charge on any atom is -0.270 e. The molecule has 0 bridgehead atoms. The molecule has 0 aromatic heterocycles. The Morgan fingerprint density at radius 3 is 1.50 bits per heavy atom. The van der Waals surface area contributed by atoms with Gasteiger partial charge in [-0.15, -0.1) is 17.7 Å². The van der Waals surface area contributed by atoms with Crippen LogP contribution >= 0.6 is 19.5 Å². The third kappa shape index (κ3) is 9.53. The first kappa shape index (κ1) is 26.3. The summed E-state index contributed by atoms with van der Waals surface area (Å²) in [6.45, 7) is 21.5. The predicted octanol–water partition coefficient (Wildman–Crippen LogP) is 6.91. The Hall–Kier alpha value is 0.0803. The number of halogens is 1. The van der Waals surface area contributed by atoms with E-state index in [0.29, 0.717) is 20.5 Å². The van der Waals surface area contributed by atoms with E-state index in [1.807, 2.05) is 0 Å². The Kier molecular flexibility index (Phi) is 10.6. The number of hydrogen-bond acceptors (Lipinski definition) is 2. The van der Waals surface area contributed by atoms with Crippen LogP contribution in [0.2, 0.25) is 5.02 Å². The molecule has 0 saturated carbocycles. The van der Waals surface area contributed by atoms with Gasteiger partial charge in [-0.25, -0.2) is 0 Å². The normalized spacial score (nSPS) is 12.1. The monoisotopic (exact) mass is 555 g/mol. The minimum absolute atomic E-state index is 0. The molecule has 1 aromatic carbocycles. The van der Waals surface area contributed by atoms with Gasteiger partial charge in [0.15, 0.2) is 5.69 Å². The second-order valence-electron chi connectivity index (χ2n) is 8.50. The van der Waals surface area contributed by atoms with E-state index < -0.39 is 4.92 Å². The minimum atomic E-state index is -0.493. The molecule has 1 aromatic rings. The van der Waals surface area contributed by atoms with Crippen LogP contribution in [0.25, 0.3) is 0 Å². The van der Waals surface area contributed by atoms with Crippen LogP contribution in [0.15, 0.2) is 18.2 Å². The van der Waals surface area contributed by atoms with Crippen LogP contribution in [0.1, 0.15) is 62.3 Å². The molecule has 3 nitrogen and oxygen atoms in total. The molecule has 0 spiro atoms. The number of nitro benzene ring substituents is 1. The Morgan fingerprint density at radius 2 is 1.33 bits per heavy atom. The molecule has 0 fully saturated rings. The molecule has 0 atom stereocenters. The van der Waals surface area contributed by atoms with Gasteiger partial charge in [0.25, 0.3) is 0 Å². The zero-order valence-corrected chi connectivity index (χ0v) is 19.9. The van der Waals surface area contributed by atoms with Crippen LogP contribution in [-0.4, -0.2) is 20.4 Å². The molecule has 0 aliphatic rings. The zero-order chi connectivity index (χ0) is 18.6. The molecule has 0 N–H and O–H groups in total. The Balaban J connectivity index is 0. The van der Waals surface area contributed by atoms with Gasteiger partial charge in [0.05, 0.1) is 0 Å². The maximum Gasteiger partial charge on any atom is 1.00 e. The van der Waals surface area contributed by atoms with Crippen molar-refractivity contribution >= 4 is 25.2 Å². The van der Waals surface area contributed by atoms with Crippen molar-refractivity contribution in [3.63, 3.8) is 0 Å². The van der Waals surface area contributed by atoms with Crippen LogP contribution < -0.4 is 0 Å². The van der Waals surface area contributed by atoms with Crippen LogP contribution in [0.4, 0.5) is 5.69 Å². The number of benzene rings is 1. The van der Waals surface area contributed by atoms with Gasteiger partial charge in [-0.3, -0.25) is 10.1 Å². The third-order valence-corrected chi connectivity index (χ3v) is 7.24. The van der Waals surface area contributed by atoms with Gasteiger partial charge in [0.2, 0.25) is 0 Å². The zero-order valence-electron chi connectivity index (χ0n) is 16.1. The van der Waals surface area contributed by atoms with Crippen molar-refractivity contribution in [1.82, 2.24) is 0 Å². The van der Waals surface area contributed by atoms with Gasteiger partial charge in [-0.2, -0.15) is 6.07 Å². The van der Waals surface area contributed by atoms with Gasteiger partial charge in [0, 0.05) is 4.92 Å². The SMILES string of the molecule is CC(C)(C)P(C(C)(C)C)C(C)(C)C.O=[N+]([O-])c1c[c-]c(Cl)cc1.[Au+]. The number of hydrogen-bond donors (Lipinski definition) is 0. The van der Waals surface area contributed by atoms with E-state index in [2.05, 4.69) is 68.4 Å². The molecule has 1 rings (SSSR count). The molecule has 0 radical (unpaired) electrons. The Morgan fingerprint density at radius 1 is 0.958 bits per heavy atom. The number of rotatable bonds is 1. The molecular formula is C18H30AuClNO2P. The van der Waals surface area contributed by atoms with Crippen molar-refractivity contribution in [2.45, 2.75) is 77.8 Å². The second-order valence-corrected chi connectivity index (χ2v) is 13.6. The summed E-state index contributed by atoms with van der Waals surface area (Å²) < 4.78 is 0. The maximum absolute atomic E-state index is 10.1. The number of nitro groups is 1. The molecule has 0 aliphatic heterocycles. The fourth-order valence-electron chi connectivity index (χ4n) is 3.53. The smallest absolute Gasteiger partial charge is 0.270 e. The molecule has 24 heavy (non-hydrogen) atoms. The standard InChI is InChI=1S/C12H27P.C6H3ClNO2.Au/c1-10(2,3)13(11(4,5)6)12(7,8)9;7-5-1-3-6(4-2-5)8(9)10;/h1-9H3;1,3-4H;/q;-1;+1. The van der Waals surface area contributed by atoms with Gasteiger partial charge < -0.3 is 0 Å². The van der Waals surface area contributed by atoms with Crippen molar-refractivity contribution in [3.8, 4) is 0 Å². The molecule has 0 amide bonds. The van der Waals surface area contributed by atoms with E-state index in [1.54, 1.807) is 0 Å². The quantitative estimate of drug-likeness (QED) is 0.124. The molecule has 0 unspecified atom stereocenters. The van der Waals surface area contributed by atoms with Gasteiger partial charge in [-0.05, 0) is 15.5 Å². The fourth-order valence-corrected chi connectivity index (χ4v) is 9.68. The molecule has 0 heterocycles. The van der Waals surface area contributed by atoms with E-state index in [-0.39, 0.29) is 36.0 Å². The van der Waals surface area contributed by atoms with Crippen molar-refractivity contribution < 1.29 is 27.3 Å². The molecule has 6 heteroatoms. The first-order valence-corrected chi connectivity index (χ1v) is 9.41. The third-order valence-electron chi connectivity index (χ3n) is 2.98. The summed E-state index contributed by atoms with van der Waals surface area (Å²) in [6, 6.07) is 6.51. The summed E-state index contributed by atoms with van der Waals surface area (Å²) in [7, 11) is 0.0162. The van der Waals surface area contributed by atoms with E-state index in [0.717, 1.165) is 0 Å². The summed E-state index contributed by atoms with van der Waals surface area (Å²) in [4.78, 5) is 9.56. The van der Waals surface area contributed by atoms with Gasteiger partial charge in [0.1, 0.15) is 0 Å².